The highest BCUT2D eigenvalue weighted by molar-refractivity contribution is 6.31. The lowest BCUT2D eigenvalue weighted by Crippen LogP contribution is -2.48. The van der Waals surface area contributed by atoms with Crippen LogP contribution in [0.1, 0.15) is 67.4 Å². The molecule has 0 radical (unpaired) electrons. The summed E-state index contributed by atoms with van der Waals surface area (Å²) in [5, 5.41) is 30.8. The molecule has 3 aliphatic rings. The fraction of sp³-hybridized carbons (Fsp3) is 0.571. The van der Waals surface area contributed by atoms with Crippen LogP contribution in [-0.2, 0) is 0 Å². The Bertz CT molecular complexity index is 1130. The molecule has 0 bridgehead atoms. The highest BCUT2D eigenvalue weighted by Crippen LogP contribution is 2.28. The van der Waals surface area contributed by atoms with E-state index in [1.807, 2.05) is 12.1 Å². The van der Waals surface area contributed by atoms with Crippen molar-refractivity contribution in [2.24, 2.45) is 0 Å². The first kappa shape index (κ1) is 26.7. The van der Waals surface area contributed by atoms with Gasteiger partial charge in [0.25, 0.3) is 5.91 Å². The van der Waals surface area contributed by atoms with Gasteiger partial charge in [-0.2, -0.15) is 5.26 Å². The van der Waals surface area contributed by atoms with Gasteiger partial charge in [-0.1, -0.05) is 11.6 Å². The van der Waals surface area contributed by atoms with Crippen LogP contribution in [0.3, 0.4) is 0 Å². The van der Waals surface area contributed by atoms with E-state index in [9.17, 15) is 9.90 Å². The highest BCUT2D eigenvalue weighted by atomic mass is 35.5. The number of piperidine rings is 2. The van der Waals surface area contributed by atoms with E-state index in [-0.39, 0.29) is 24.2 Å². The SMILES string of the molecule is N#Cc1ccc(OC2CCC(NC(=O)c3ccc(N4CCC(N5CCC(O)CC5)CC4)nn3)CC2)cc1Cl. The Hall–Kier alpha value is -2.93. The summed E-state index contributed by atoms with van der Waals surface area (Å²) < 4.78 is 6.04. The molecule has 3 heterocycles. The van der Waals surface area contributed by atoms with Gasteiger partial charge in [0.15, 0.2) is 11.5 Å². The summed E-state index contributed by atoms with van der Waals surface area (Å²) in [5.74, 6) is 1.28. The number of amides is 1. The van der Waals surface area contributed by atoms with E-state index >= 15 is 0 Å². The average molecular weight is 539 g/mol. The molecule has 0 atom stereocenters. The van der Waals surface area contributed by atoms with Gasteiger partial charge in [-0.3, -0.25) is 4.79 Å². The number of aromatic nitrogens is 2. The van der Waals surface area contributed by atoms with Gasteiger partial charge in [-0.15, -0.1) is 10.2 Å². The number of anilines is 1. The molecule has 1 aliphatic carbocycles. The summed E-state index contributed by atoms with van der Waals surface area (Å²) in [6, 6.07) is 11.5. The molecule has 0 unspecified atom stereocenters. The zero-order valence-electron chi connectivity index (χ0n) is 21.6. The number of hydrogen-bond acceptors (Lipinski definition) is 8. The number of hydrogen-bond donors (Lipinski definition) is 2. The summed E-state index contributed by atoms with van der Waals surface area (Å²) in [4.78, 5) is 17.6. The molecule has 38 heavy (non-hydrogen) atoms. The number of nitriles is 1. The summed E-state index contributed by atoms with van der Waals surface area (Å²) in [7, 11) is 0. The number of benzene rings is 1. The van der Waals surface area contributed by atoms with Gasteiger partial charge in [0.1, 0.15) is 11.8 Å². The summed E-state index contributed by atoms with van der Waals surface area (Å²) in [6.07, 6.45) is 7.08. The number of carbonyl (C=O) groups excluding carboxylic acids is 1. The Morgan fingerprint density at radius 2 is 1.74 bits per heavy atom. The number of nitrogens with one attached hydrogen (secondary N) is 1. The molecule has 2 aliphatic heterocycles. The van der Waals surface area contributed by atoms with Crippen molar-refractivity contribution in [2.75, 3.05) is 31.1 Å². The fourth-order valence-electron chi connectivity index (χ4n) is 5.76. The number of halogens is 1. The summed E-state index contributed by atoms with van der Waals surface area (Å²) in [6.45, 7) is 3.81. The van der Waals surface area contributed by atoms with Crippen molar-refractivity contribution < 1.29 is 14.6 Å². The molecule has 1 saturated carbocycles. The first-order chi connectivity index (χ1) is 18.5. The maximum atomic E-state index is 12.8. The van der Waals surface area contributed by atoms with Crippen LogP contribution >= 0.6 is 11.6 Å². The molecule has 5 rings (SSSR count). The first-order valence-electron chi connectivity index (χ1n) is 13.7. The number of likely N-dealkylation sites (tertiary alicyclic amines) is 1. The third-order valence-electron chi connectivity index (χ3n) is 8.06. The average Bonchev–Trinajstić information content (AvgIpc) is 2.95. The lowest BCUT2D eigenvalue weighted by molar-refractivity contribution is 0.0541. The Morgan fingerprint density at radius 3 is 2.37 bits per heavy atom. The third kappa shape index (κ3) is 6.55. The van der Waals surface area contributed by atoms with Crippen LogP contribution in [-0.4, -0.2) is 76.6 Å². The molecule has 1 aromatic carbocycles. The van der Waals surface area contributed by atoms with Crippen molar-refractivity contribution in [2.45, 2.75) is 75.7 Å². The normalized spacial score (nSPS) is 23.6. The van der Waals surface area contributed by atoms with Crippen molar-refractivity contribution in [1.82, 2.24) is 20.4 Å². The van der Waals surface area contributed by atoms with Gasteiger partial charge in [0, 0.05) is 44.3 Å². The van der Waals surface area contributed by atoms with Gasteiger partial charge in [0.2, 0.25) is 0 Å². The second-order valence-corrected chi connectivity index (χ2v) is 11.0. The molecule has 1 aromatic heterocycles. The summed E-state index contributed by atoms with van der Waals surface area (Å²) in [5.41, 5.74) is 0.766. The van der Waals surface area contributed by atoms with E-state index in [1.54, 1.807) is 24.3 Å². The Balaban J connectivity index is 1.05. The maximum absolute atomic E-state index is 12.8. The molecule has 1 amide bonds. The number of nitrogens with zero attached hydrogens (tertiary/aromatic N) is 5. The Kier molecular flexibility index (Phi) is 8.62. The molecule has 9 nitrogen and oxygen atoms in total. The number of aliphatic hydroxyl groups excluding tert-OH is 1. The van der Waals surface area contributed by atoms with Crippen molar-refractivity contribution in [3.8, 4) is 11.8 Å². The topological polar surface area (TPSA) is 115 Å². The third-order valence-corrected chi connectivity index (χ3v) is 8.37. The van der Waals surface area contributed by atoms with Gasteiger partial charge < -0.3 is 25.0 Å². The number of carbonyl (C=O) groups is 1. The minimum absolute atomic E-state index is 0.0527. The molecule has 202 valence electrons. The second kappa shape index (κ2) is 12.3. The molecule has 2 aromatic rings. The smallest absolute Gasteiger partial charge is 0.272 e. The lowest BCUT2D eigenvalue weighted by Gasteiger charge is -2.41. The van der Waals surface area contributed by atoms with Crippen LogP contribution in [0.5, 0.6) is 5.75 Å². The Morgan fingerprint density at radius 1 is 1.00 bits per heavy atom. The molecule has 3 fully saturated rings. The van der Waals surface area contributed by atoms with Crippen LogP contribution in [0.25, 0.3) is 0 Å². The van der Waals surface area contributed by atoms with Crippen LogP contribution in [0.2, 0.25) is 5.02 Å². The molecule has 10 heteroatoms. The van der Waals surface area contributed by atoms with E-state index in [0.717, 1.165) is 83.4 Å². The fourth-order valence-corrected chi connectivity index (χ4v) is 5.98. The van der Waals surface area contributed by atoms with Crippen molar-refractivity contribution in [3.05, 3.63) is 46.6 Å². The first-order valence-corrected chi connectivity index (χ1v) is 14.0. The van der Waals surface area contributed by atoms with Crippen LogP contribution in [0, 0.1) is 11.3 Å². The number of rotatable bonds is 6. The zero-order valence-corrected chi connectivity index (χ0v) is 22.3. The van der Waals surface area contributed by atoms with Gasteiger partial charge >= 0.3 is 0 Å². The predicted octanol–water partition coefficient (Wildman–Crippen LogP) is 3.55. The van der Waals surface area contributed by atoms with Crippen molar-refractivity contribution >= 4 is 23.3 Å². The Labute approximate surface area is 228 Å². The number of ether oxygens (including phenoxy) is 1. The van der Waals surface area contributed by atoms with Crippen molar-refractivity contribution in [1.29, 1.82) is 5.26 Å². The van der Waals surface area contributed by atoms with Crippen molar-refractivity contribution in [3.63, 3.8) is 0 Å². The van der Waals surface area contributed by atoms with Gasteiger partial charge in [-0.05, 0) is 75.6 Å². The minimum atomic E-state index is -0.196. The van der Waals surface area contributed by atoms with Gasteiger partial charge in [-0.25, -0.2) is 0 Å². The van der Waals surface area contributed by atoms with Crippen LogP contribution < -0.4 is 15.0 Å². The maximum Gasteiger partial charge on any atom is 0.272 e. The van der Waals surface area contributed by atoms with Crippen LogP contribution in [0.4, 0.5) is 5.82 Å². The summed E-state index contributed by atoms with van der Waals surface area (Å²) >= 11 is 6.11. The van der Waals surface area contributed by atoms with E-state index in [4.69, 9.17) is 21.6 Å². The van der Waals surface area contributed by atoms with E-state index < -0.39 is 0 Å². The van der Waals surface area contributed by atoms with Crippen LogP contribution in [0.15, 0.2) is 30.3 Å². The largest absolute Gasteiger partial charge is 0.490 e. The monoisotopic (exact) mass is 538 g/mol. The lowest BCUT2D eigenvalue weighted by atomic mass is 9.93. The minimum Gasteiger partial charge on any atom is -0.490 e. The standard InChI is InChI=1S/C28H35ClN6O3/c29-25-17-24(4-1-19(25)18-30)38-23-5-2-20(3-6-23)31-28(37)26-7-8-27(33-32-26)35-13-9-21(10-14-35)34-15-11-22(36)12-16-34/h1,4,7-8,17,20-23,36H,2-3,5-6,9-16H2,(H,31,37). The number of aliphatic hydroxyl groups is 1. The van der Waals surface area contributed by atoms with E-state index in [2.05, 4.69) is 25.3 Å². The highest BCUT2D eigenvalue weighted by Gasteiger charge is 2.29. The predicted molar refractivity (Wildman–Crippen MR) is 144 cm³/mol. The molecule has 2 N–H and O–H groups in total. The molecule has 0 spiro atoms. The van der Waals surface area contributed by atoms with Gasteiger partial charge in [0.05, 0.1) is 22.8 Å². The quantitative estimate of drug-likeness (QED) is 0.574. The molecular weight excluding hydrogens is 504 g/mol. The van der Waals surface area contributed by atoms with E-state index in [1.165, 1.54) is 0 Å². The van der Waals surface area contributed by atoms with E-state index in [0.29, 0.717) is 28.1 Å². The second-order valence-electron chi connectivity index (χ2n) is 10.6. The molecule has 2 saturated heterocycles. The molecular formula is C28H35ClN6O3. The zero-order chi connectivity index (χ0) is 26.5.